The number of carbonyl (C=O) groups excluding carboxylic acids is 2. The van der Waals surface area contributed by atoms with Gasteiger partial charge in [-0.2, -0.15) is 0 Å². The third-order valence-electron chi connectivity index (χ3n) is 5.68. The lowest BCUT2D eigenvalue weighted by Gasteiger charge is -2.24. The maximum atomic E-state index is 13.2. The van der Waals surface area contributed by atoms with E-state index in [1.165, 1.54) is 11.3 Å². The molecule has 6 nitrogen and oxygen atoms in total. The molecule has 2 aromatic rings. The van der Waals surface area contributed by atoms with Gasteiger partial charge in [0, 0.05) is 19.4 Å². The minimum Gasteiger partial charge on any atom is -0.480 e. The summed E-state index contributed by atoms with van der Waals surface area (Å²) < 4.78 is 0. The maximum absolute atomic E-state index is 13.2. The van der Waals surface area contributed by atoms with Gasteiger partial charge in [0.2, 0.25) is 5.91 Å². The highest BCUT2D eigenvalue weighted by Gasteiger charge is 2.38. The maximum Gasteiger partial charge on any atom is 0.326 e. The Kier molecular flexibility index (Phi) is 7.82. The van der Waals surface area contributed by atoms with Crippen molar-refractivity contribution in [3.63, 3.8) is 0 Å². The van der Waals surface area contributed by atoms with Gasteiger partial charge in [0.1, 0.15) is 6.04 Å². The zero-order valence-electron chi connectivity index (χ0n) is 18.0. The molecule has 1 heterocycles. The molecule has 2 amide bonds. The molecule has 0 aromatic heterocycles. The number of hydrogen-bond donors (Lipinski definition) is 2. The summed E-state index contributed by atoms with van der Waals surface area (Å²) in [5.41, 5.74) is 2.47. The van der Waals surface area contributed by atoms with Crippen molar-refractivity contribution in [1.29, 1.82) is 0 Å². The van der Waals surface area contributed by atoms with Crippen LogP contribution in [0, 0.1) is 0 Å². The van der Waals surface area contributed by atoms with Crippen LogP contribution in [0.5, 0.6) is 0 Å². The van der Waals surface area contributed by atoms with E-state index in [4.69, 9.17) is 0 Å². The average molecular weight is 423 g/mol. The molecule has 0 saturated carbocycles. The van der Waals surface area contributed by atoms with Gasteiger partial charge in [-0.05, 0) is 23.6 Å². The number of aliphatic carboxylic acids is 1. The molecule has 3 rings (SSSR count). The molecule has 0 radical (unpaired) electrons. The lowest BCUT2D eigenvalue weighted by atomic mass is 10.0. The molecule has 6 heteroatoms. The van der Waals surface area contributed by atoms with Crippen LogP contribution in [0.3, 0.4) is 0 Å². The number of amides is 2. The van der Waals surface area contributed by atoms with E-state index in [2.05, 4.69) is 12.2 Å². The molecule has 0 bridgehead atoms. The van der Waals surface area contributed by atoms with Gasteiger partial charge >= 0.3 is 5.97 Å². The Hall–Kier alpha value is -3.15. The molecule has 1 atom stereocenters. The van der Waals surface area contributed by atoms with Crippen molar-refractivity contribution >= 4 is 23.5 Å². The minimum absolute atomic E-state index is 0.116. The average Bonchev–Trinajstić information content (AvgIpc) is 3.09. The van der Waals surface area contributed by atoms with Crippen LogP contribution in [-0.2, 0) is 22.6 Å². The summed E-state index contributed by atoms with van der Waals surface area (Å²) in [6.07, 6.45) is 5.93. The van der Waals surface area contributed by atoms with Crippen molar-refractivity contribution in [2.75, 3.05) is 5.32 Å². The molecule has 1 aliphatic rings. The fourth-order valence-electron chi connectivity index (χ4n) is 4.01. The number of unbranched alkanes of at least 4 members (excludes halogenated alkanes) is 4. The Balaban J connectivity index is 1.70. The molecule has 2 N–H and O–H groups in total. The van der Waals surface area contributed by atoms with Crippen molar-refractivity contribution in [1.82, 2.24) is 4.90 Å². The van der Waals surface area contributed by atoms with Gasteiger partial charge in [0.05, 0.1) is 11.3 Å². The number of rotatable bonds is 11. The molecular weight excluding hydrogens is 392 g/mol. The van der Waals surface area contributed by atoms with Gasteiger partial charge in [-0.1, -0.05) is 75.1 Å². The molecule has 31 heavy (non-hydrogen) atoms. The first-order chi connectivity index (χ1) is 15.0. The fourth-order valence-corrected chi connectivity index (χ4v) is 4.01. The van der Waals surface area contributed by atoms with Crippen molar-refractivity contribution in [2.24, 2.45) is 0 Å². The fraction of sp³-hybridized carbons (Fsp3) is 0.400. The number of benzene rings is 2. The summed E-state index contributed by atoms with van der Waals surface area (Å²) in [4.78, 5) is 38.9. The van der Waals surface area contributed by atoms with Crippen LogP contribution in [0.15, 0.2) is 48.5 Å². The van der Waals surface area contributed by atoms with Crippen molar-refractivity contribution < 1.29 is 19.5 Å². The first-order valence-electron chi connectivity index (χ1n) is 11.0. The second kappa shape index (κ2) is 10.8. The molecule has 0 saturated heterocycles. The van der Waals surface area contributed by atoms with E-state index in [1.807, 2.05) is 36.4 Å². The number of carboxylic acid groups (broad SMARTS) is 1. The summed E-state index contributed by atoms with van der Waals surface area (Å²) in [6.45, 7) is 2.37. The molecule has 164 valence electrons. The van der Waals surface area contributed by atoms with Crippen LogP contribution in [0.1, 0.15) is 66.9 Å². The van der Waals surface area contributed by atoms with E-state index < -0.39 is 12.0 Å². The summed E-state index contributed by atoms with van der Waals surface area (Å²) in [6, 6.07) is 13.6. The number of fused-ring (bicyclic) bond motifs is 1. The minimum atomic E-state index is -1.04. The molecule has 2 aromatic carbocycles. The third kappa shape index (κ3) is 5.72. The van der Waals surface area contributed by atoms with Gasteiger partial charge in [-0.25, -0.2) is 4.79 Å². The third-order valence-corrected chi connectivity index (χ3v) is 5.68. The Labute approximate surface area is 183 Å². The van der Waals surface area contributed by atoms with Gasteiger partial charge in [-0.3, -0.25) is 9.59 Å². The standard InChI is InChI=1S/C25H30N2O4/c1-2-3-4-5-9-15-22(28)26-20-14-10-13-19-17-27(24(29)23(19)20)21(25(30)31)16-18-11-7-6-8-12-18/h6-8,10-14,21H,2-5,9,15-17H2,1H3,(H,26,28)(H,30,31)/t21-/m0/s1. The summed E-state index contributed by atoms with van der Waals surface area (Å²) >= 11 is 0. The highest BCUT2D eigenvalue weighted by molar-refractivity contribution is 6.07. The number of carboxylic acids is 1. The van der Waals surface area contributed by atoms with Gasteiger partial charge in [0.25, 0.3) is 5.91 Å². The largest absolute Gasteiger partial charge is 0.480 e. The van der Waals surface area contributed by atoms with Gasteiger partial charge in [-0.15, -0.1) is 0 Å². The van der Waals surface area contributed by atoms with Crippen LogP contribution in [0.4, 0.5) is 5.69 Å². The van der Waals surface area contributed by atoms with E-state index in [0.29, 0.717) is 17.7 Å². The number of nitrogens with zero attached hydrogens (tertiary/aromatic N) is 1. The molecule has 0 aliphatic carbocycles. The SMILES string of the molecule is CCCCCCCC(=O)Nc1cccc2c1C(=O)N([C@@H](Cc1ccccc1)C(=O)O)C2. The van der Waals surface area contributed by atoms with Crippen molar-refractivity contribution in [3.8, 4) is 0 Å². The number of hydrogen-bond acceptors (Lipinski definition) is 3. The van der Waals surface area contributed by atoms with Gasteiger partial charge in [0.15, 0.2) is 0 Å². The normalized spacial score (nSPS) is 13.7. The van der Waals surface area contributed by atoms with Gasteiger partial charge < -0.3 is 15.3 Å². The van der Waals surface area contributed by atoms with Crippen LogP contribution in [0.25, 0.3) is 0 Å². The lowest BCUT2D eigenvalue weighted by Crippen LogP contribution is -2.43. The predicted octanol–water partition coefficient (Wildman–Crippen LogP) is 4.64. The number of carbonyl (C=O) groups is 3. The van der Waals surface area contributed by atoms with E-state index in [9.17, 15) is 19.5 Å². The monoisotopic (exact) mass is 422 g/mol. The Bertz CT molecular complexity index is 926. The summed E-state index contributed by atoms with van der Waals surface area (Å²) in [7, 11) is 0. The van der Waals surface area contributed by atoms with E-state index in [-0.39, 0.29) is 24.8 Å². The smallest absolute Gasteiger partial charge is 0.326 e. The highest BCUT2D eigenvalue weighted by atomic mass is 16.4. The second-order valence-electron chi connectivity index (χ2n) is 8.03. The number of anilines is 1. The molecular formula is C25H30N2O4. The Morgan fingerprint density at radius 2 is 1.77 bits per heavy atom. The molecule has 1 aliphatic heterocycles. The van der Waals surface area contributed by atoms with Crippen LogP contribution in [0.2, 0.25) is 0 Å². The highest BCUT2D eigenvalue weighted by Crippen LogP contribution is 2.31. The van der Waals surface area contributed by atoms with E-state index in [0.717, 1.165) is 36.8 Å². The predicted molar refractivity (Wildman–Crippen MR) is 120 cm³/mol. The Morgan fingerprint density at radius 3 is 2.48 bits per heavy atom. The Morgan fingerprint density at radius 1 is 1.03 bits per heavy atom. The zero-order chi connectivity index (χ0) is 22.2. The van der Waals surface area contributed by atoms with E-state index >= 15 is 0 Å². The molecule has 0 fully saturated rings. The van der Waals surface area contributed by atoms with Crippen LogP contribution in [-0.4, -0.2) is 33.8 Å². The quantitative estimate of drug-likeness (QED) is 0.517. The zero-order valence-corrected chi connectivity index (χ0v) is 18.0. The number of nitrogens with one attached hydrogen (secondary N) is 1. The van der Waals surface area contributed by atoms with E-state index in [1.54, 1.807) is 12.1 Å². The first kappa shape index (κ1) is 22.5. The molecule has 0 spiro atoms. The van der Waals surface area contributed by atoms with Crippen LogP contribution >= 0.6 is 0 Å². The topological polar surface area (TPSA) is 86.7 Å². The van der Waals surface area contributed by atoms with Crippen LogP contribution < -0.4 is 5.32 Å². The molecule has 0 unspecified atom stereocenters. The second-order valence-corrected chi connectivity index (χ2v) is 8.03. The summed E-state index contributed by atoms with van der Waals surface area (Å²) in [5.74, 6) is -1.50. The van der Waals surface area contributed by atoms with Crippen molar-refractivity contribution in [3.05, 3.63) is 65.2 Å². The first-order valence-corrected chi connectivity index (χ1v) is 11.0. The van der Waals surface area contributed by atoms with Crippen molar-refractivity contribution in [2.45, 2.75) is 64.5 Å². The summed E-state index contributed by atoms with van der Waals surface area (Å²) in [5, 5.41) is 12.7. The lowest BCUT2D eigenvalue weighted by molar-refractivity contribution is -0.142.